The summed E-state index contributed by atoms with van der Waals surface area (Å²) in [4.78, 5) is 28.9. The number of hydrogen-bond acceptors (Lipinski definition) is 2. The van der Waals surface area contributed by atoms with E-state index in [1.807, 2.05) is 0 Å². The molecule has 0 saturated carbocycles. The Hall–Kier alpha value is -3.14. The smallest absolute Gasteiger partial charge is 0.314 e. The molecule has 0 saturated heterocycles. The maximum absolute atomic E-state index is 12.5. The van der Waals surface area contributed by atoms with Crippen LogP contribution in [0.25, 0.3) is 12.2 Å². The zero-order valence-electron chi connectivity index (χ0n) is 14.1. The van der Waals surface area contributed by atoms with Crippen LogP contribution in [0.3, 0.4) is 0 Å². The van der Waals surface area contributed by atoms with E-state index in [1.165, 1.54) is 17.3 Å². The second-order valence-electron chi connectivity index (χ2n) is 6.56. The molecule has 1 aromatic heterocycles. The average molecular weight is 330 g/mol. The van der Waals surface area contributed by atoms with Crippen molar-refractivity contribution in [2.45, 2.75) is 19.8 Å². The van der Waals surface area contributed by atoms with Gasteiger partial charge < -0.3 is 4.98 Å². The third-order valence-electron chi connectivity index (χ3n) is 4.71. The lowest BCUT2D eigenvalue weighted by Crippen LogP contribution is -2.27. The van der Waals surface area contributed by atoms with Crippen LogP contribution in [-0.2, 0) is 0 Å². The maximum atomic E-state index is 12.5. The topological polar surface area (TPSA) is 65.7 Å². The first kappa shape index (κ1) is 15.4. The highest BCUT2D eigenvalue weighted by Crippen LogP contribution is 2.38. The van der Waals surface area contributed by atoms with Gasteiger partial charge in [0.2, 0.25) is 0 Å². The zero-order chi connectivity index (χ0) is 17.6. The lowest BCUT2D eigenvalue weighted by atomic mass is 9.83. The van der Waals surface area contributed by atoms with E-state index in [2.05, 4.69) is 72.4 Å². The molecule has 4 heteroatoms. The van der Waals surface area contributed by atoms with Gasteiger partial charge in [-0.2, -0.15) is 0 Å². The van der Waals surface area contributed by atoms with Crippen molar-refractivity contribution in [1.82, 2.24) is 9.97 Å². The Bertz CT molecular complexity index is 1060. The molecular weight excluding hydrogens is 312 g/mol. The van der Waals surface area contributed by atoms with Crippen LogP contribution in [0, 0.1) is 13.8 Å². The van der Waals surface area contributed by atoms with Gasteiger partial charge in [0, 0.05) is 17.7 Å². The Morgan fingerprint density at radius 3 is 1.88 bits per heavy atom. The summed E-state index contributed by atoms with van der Waals surface area (Å²) in [5, 5.41) is 0. The Balaban J connectivity index is 2.07. The monoisotopic (exact) mass is 330 g/mol. The fourth-order valence-corrected chi connectivity index (χ4v) is 3.52. The first-order chi connectivity index (χ1) is 12.0. The second kappa shape index (κ2) is 5.74. The molecular formula is C21H18N2O2. The van der Waals surface area contributed by atoms with E-state index in [-0.39, 0.29) is 11.5 Å². The number of aromatic amines is 2. The molecule has 0 radical (unpaired) electrons. The number of rotatable bonds is 1. The summed E-state index contributed by atoms with van der Waals surface area (Å²) in [5.41, 5.74) is 6.32. The zero-order valence-corrected chi connectivity index (χ0v) is 14.1. The van der Waals surface area contributed by atoms with Gasteiger partial charge in [0.15, 0.2) is 0 Å². The molecule has 2 N–H and O–H groups in total. The number of aryl methyl sites for hydroxylation is 2. The fraction of sp³-hybridized carbons (Fsp3) is 0.143. The number of benzene rings is 2. The number of H-pyrrole nitrogens is 2. The van der Waals surface area contributed by atoms with E-state index < -0.39 is 5.69 Å². The fourth-order valence-electron chi connectivity index (χ4n) is 3.52. The molecule has 1 heterocycles. The Labute approximate surface area is 144 Å². The van der Waals surface area contributed by atoms with Crippen LogP contribution in [0.2, 0.25) is 0 Å². The van der Waals surface area contributed by atoms with Gasteiger partial charge in [0.05, 0.1) is 0 Å². The largest absolute Gasteiger partial charge is 0.325 e. The lowest BCUT2D eigenvalue weighted by molar-refractivity contribution is 0.894. The van der Waals surface area contributed by atoms with E-state index in [0.717, 1.165) is 22.3 Å². The molecule has 3 aromatic rings. The van der Waals surface area contributed by atoms with Gasteiger partial charge in [-0.05, 0) is 36.1 Å². The highest BCUT2D eigenvalue weighted by atomic mass is 16.2. The summed E-state index contributed by atoms with van der Waals surface area (Å²) >= 11 is 0. The van der Waals surface area contributed by atoms with Crippen molar-refractivity contribution in [2.24, 2.45) is 0 Å². The summed E-state index contributed by atoms with van der Waals surface area (Å²) in [5.74, 6) is -0.234. The number of nitrogens with one attached hydrogen (secondary N) is 2. The maximum Gasteiger partial charge on any atom is 0.325 e. The summed E-state index contributed by atoms with van der Waals surface area (Å²) in [6.45, 7) is 4.11. The number of fused-ring (bicyclic) bond motifs is 2. The van der Waals surface area contributed by atoms with Crippen LogP contribution in [-0.4, -0.2) is 9.97 Å². The molecule has 4 rings (SSSR count). The van der Waals surface area contributed by atoms with Gasteiger partial charge in [-0.3, -0.25) is 9.78 Å². The Morgan fingerprint density at radius 1 is 0.800 bits per heavy atom. The average Bonchev–Trinajstić information content (AvgIpc) is 2.72. The molecule has 0 unspecified atom stereocenters. The molecule has 0 fully saturated rings. The van der Waals surface area contributed by atoms with Crippen LogP contribution >= 0.6 is 0 Å². The lowest BCUT2D eigenvalue weighted by Gasteiger charge is -2.20. The molecule has 0 spiro atoms. The molecule has 0 atom stereocenters. The van der Waals surface area contributed by atoms with Crippen LogP contribution in [0.1, 0.15) is 44.9 Å². The molecule has 124 valence electrons. The molecule has 0 aliphatic heterocycles. The molecule has 2 aromatic carbocycles. The number of hydrogen-bond donors (Lipinski definition) is 2. The Morgan fingerprint density at radius 2 is 1.36 bits per heavy atom. The minimum absolute atomic E-state index is 0.234. The van der Waals surface area contributed by atoms with E-state index in [4.69, 9.17) is 0 Å². The van der Waals surface area contributed by atoms with Gasteiger partial charge in [-0.15, -0.1) is 0 Å². The minimum atomic E-state index is -0.492. The van der Waals surface area contributed by atoms with Crippen LogP contribution in [0.15, 0.2) is 52.2 Å². The van der Waals surface area contributed by atoms with Gasteiger partial charge in [0.1, 0.15) is 0 Å². The van der Waals surface area contributed by atoms with Crippen LogP contribution < -0.4 is 11.2 Å². The molecule has 25 heavy (non-hydrogen) atoms. The van der Waals surface area contributed by atoms with Gasteiger partial charge in [0.25, 0.3) is 5.56 Å². The van der Waals surface area contributed by atoms with Crippen LogP contribution in [0.4, 0.5) is 0 Å². The highest BCUT2D eigenvalue weighted by Gasteiger charge is 2.25. The van der Waals surface area contributed by atoms with E-state index in [0.29, 0.717) is 5.56 Å². The van der Waals surface area contributed by atoms with Crippen molar-refractivity contribution in [3.63, 3.8) is 0 Å². The summed E-state index contributed by atoms with van der Waals surface area (Å²) < 4.78 is 0. The number of aromatic nitrogens is 2. The third kappa shape index (κ3) is 2.66. The van der Waals surface area contributed by atoms with Crippen molar-refractivity contribution in [3.8, 4) is 0 Å². The first-order valence-corrected chi connectivity index (χ1v) is 8.24. The normalized spacial score (nSPS) is 13.2. The van der Waals surface area contributed by atoms with Gasteiger partial charge >= 0.3 is 5.69 Å². The summed E-state index contributed by atoms with van der Waals surface area (Å²) in [7, 11) is 0. The Kier molecular flexibility index (Phi) is 3.53. The predicted octanol–water partition coefficient (Wildman–Crippen LogP) is 3.34. The van der Waals surface area contributed by atoms with Crippen molar-refractivity contribution >= 4 is 12.2 Å². The minimum Gasteiger partial charge on any atom is -0.314 e. The van der Waals surface area contributed by atoms with Crippen molar-refractivity contribution in [1.29, 1.82) is 0 Å². The van der Waals surface area contributed by atoms with E-state index >= 15 is 0 Å². The highest BCUT2D eigenvalue weighted by molar-refractivity contribution is 5.78. The second-order valence-corrected chi connectivity index (χ2v) is 6.56. The third-order valence-corrected chi connectivity index (χ3v) is 4.71. The van der Waals surface area contributed by atoms with E-state index in [9.17, 15) is 9.59 Å². The van der Waals surface area contributed by atoms with Crippen molar-refractivity contribution in [3.05, 3.63) is 102 Å². The van der Waals surface area contributed by atoms with Crippen molar-refractivity contribution in [2.75, 3.05) is 0 Å². The molecule has 0 amide bonds. The quantitative estimate of drug-likeness (QED) is 0.562. The summed E-state index contributed by atoms with van der Waals surface area (Å²) in [6.07, 6.45) is 5.73. The molecule has 0 bridgehead atoms. The molecule has 4 nitrogen and oxygen atoms in total. The summed E-state index contributed by atoms with van der Waals surface area (Å²) in [6, 6.07) is 12.5. The molecule has 1 aliphatic carbocycles. The first-order valence-electron chi connectivity index (χ1n) is 8.24. The van der Waals surface area contributed by atoms with Gasteiger partial charge in [-0.1, -0.05) is 59.7 Å². The van der Waals surface area contributed by atoms with Gasteiger partial charge in [-0.25, -0.2) is 4.79 Å². The molecule has 1 aliphatic rings. The van der Waals surface area contributed by atoms with E-state index in [1.54, 1.807) is 0 Å². The SMILES string of the molecule is Cc1ccc2c(c1)C=Cc1cc(C)ccc1C2c1c[nH]c(=O)[nH]c1=O. The standard InChI is InChI=1S/C21H18N2O2/c1-12-3-7-16-14(9-12)5-6-15-10-13(2)4-8-17(15)19(16)18-11-22-21(25)23-20(18)24/h3-11,19H,1-2H3,(H2,22,23,24,25). The van der Waals surface area contributed by atoms with Crippen molar-refractivity contribution < 1.29 is 0 Å². The predicted molar refractivity (Wildman–Crippen MR) is 99.9 cm³/mol. The van der Waals surface area contributed by atoms with Crippen LogP contribution in [0.5, 0.6) is 0 Å².